The highest BCUT2D eigenvalue weighted by atomic mass is 15.3. The molecule has 1 unspecified atom stereocenters. The van der Waals surface area contributed by atoms with Crippen LogP contribution in [0.5, 0.6) is 0 Å². The fourth-order valence-electron chi connectivity index (χ4n) is 3.75. The van der Waals surface area contributed by atoms with Crippen LogP contribution >= 0.6 is 0 Å². The summed E-state index contributed by atoms with van der Waals surface area (Å²) in [6.07, 6.45) is 10.7. The van der Waals surface area contributed by atoms with Crippen molar-refractivity contribution in [2.75, 3.05) is 19.6 Å². The van der Waals surface area contributed by atoms with Gasteiger partial charge in [0, 0.05) is 43.6 Å². The maximum atomic E-state index is 4.33. The summed E-state index contributed by atoms with van der Waals surface area (Å²) < 4.78 is 2.06. The Kier molecular flexibility index (Phi) is 3.89. The number of nitrogens with one attached hydrogen (secondary N) is 1. The van der Waals surface area contributed by atoms with Gasteiger partial charge in [-0.2, -0.15) is 5.10 Å². The molecule has 2 heterocycles. The van der Waals surface area contributed by atoms with Gasteiger partial charge in [-0.1, -0.05) is 19.8 Å². The van der Waals surface area contributed by atoms with Gasteiger partial charge in [0.05, 0.1) is 6.54 Å². The number of hydrogen-bond donors (Lipinski definition) is 1. The van der Waals surface area contributed by atoms with Gasteiger partial charge in [-0.15, -0.1) is 0 Å². The van der Waals surface area contributed by atoms with E-state index in [1.165, 1.54) is 45.2 Å². The Morgan fingerprint density at radius 2 is 2.16 bits per heavy atom. The predicted molar refractivity (Wildman–Crippen MR) is 77.1 cm³/mol. The minimum Gasteiger partial charge on any atom is -0.311 e. The Bertz CT molecular complexity index is 381. The molecule has 1 aliphatic heterocycles. The number of piperazine rings is 1. The molecule has 106 valence electrons. The van der Waals surface area contributed by atoms with Crippen LogP contribution in [-0.4, -0.2) is 45.9 Å². The number of aromatic nitrogens is 2. The highest BCUT2D eigenvalue weighted by Crippen LogP contribution is 2.36. The molecule has 1 aromatic rings. The Balaban J connectivity index is 1.66. The van der Waals surface area contributed by atoms with Crippen molar-refractivity contribution in [2.45, 2.75) is 57.2 Å². The molecule has 2 aliphatic rings. The first kappa shape index (κ1) is 13.1. The lowest BCUT2D eigenvalue weighted by molar-refractivity contribution is 0.0384. The molecule has 1 saturated carbocycles. The molecular weight excluding hydrogens is 236 g/mol. The van der Waals surface area contributed by atoms with E-state index in [1.54, 1.807) is 0 Å². The molecule has 1 spiro atoms. The second-order valence-electron chi connectivity index (χ2n) is 6.13. The zero-order chi connectivity index (χ0) is 13.1. The van der Waals surface area contributed by atoms with Crippen molar-refractivity contribution in [3.63, 3.8) is 0 Å². The molecule has 1 N–H and O–H groups in total. The third-order valence-corrected chi connectivity index (χ3v) is 5.02. The van der Waals surface area contributed by atoms with Gasteiger partial charge in [0.15, 0.2) is 0 Å². The summed E-state index contributed by atoms with van der Waals surface area (Å²) in [5.74, 6) is 0. The van der Waals surface area contributed by atoms with Gasteiger partial charge in [-0.05, 0) is 25.3 Å². The first-order chi connectivity index (χ1) is 9.32. The quantitative estimate of drug-likeness (QED) is 0.899. The van der Waals surface area contributed by atoms with Crippen LogP contribution in [0.4, 0.5) is 0 Å². The molecule has 1 saturated heterocycles. The van der Waals surface area contributed by atoms with Crippen LogP contribution in [0.15, 0.2) is 18.5 Å². The molecule has 1 aromatic heterocycles. The zero-order valence-electron chi connectivity index (χ0n) is 12.0. The minimum absolute atomic E-state index is 0.443. The van der Waals surface area contributed by atoms with E-state index in [0.29, 0.717) is 11.6 Å². The molecule has 0 radical (unpaired) electrons. The standard InChI is InChI=1S/C15H26N4/c1-2-14-12-18(10-11-19-9-5-8-17-19)15(13-16-14)6-3-4-7-15/h5,8-9,14,16H,2-4,6-7,10-13H2,1H3. The predicted octanol–water partition coefficient (Wildman–Crippen LogP) is 1.88. The van der Waals surface area contributed by atoms with Gasteiger partial charge < -0.3 is 5.32 Å². The van der Waals surface area contributed by atoms with Gasteiger partial charge in [0.2, 0.25) is 0 Å². The molecule has 19 heavy (non-hydrogen) atoms. The average molecular weight is 262 g/mol. The van der Waals surface area contributed by atoms with Crippen LogP contribution in [0.1, 0.15) is 39.0 Å². The summed E-state index contributed by atoms with van der Waals surface area (Å²) in [5.41, 5.74) is 0.443. The van der Waals surface area contributed by atoms with Gasteiger partial charge in [-0.3, -0.25) is 9.58 Å². The van der Waals surface area contributed by atoms with Gasteiger partial charge >= 0.3 is 0 Å². The molecule has 4 nitrogen and oxygen atoms in total. The Labute approximate surface area is 116 Å². The summed E-state index contributed by atoms with van der Waals surface area (Å²) in [5, 5.41) is 8.09. The first-order valence-electron chi connectivity index (χ1n) is 7.78. The van der Waals surface area contributed by atoms with Gasteiger partial charge in [-0.25, -0.2) is 0 Å². The van der Waals surface area contributed by atoms with Crippen molar-refractivity contribution in [3.8, 4) is 0 Å². The van der Waals surface area contributed by atoms with E-state index in [4.69, 9.17) is 0 Å². The number of hydrogen-bond acceptors (Lipinski definition) is 3. The molecular formula is C15H26N4. The molecule has 4 heteroatoms. The summed E-state index contributed by atoms with van der Waals surface area (Å²) in [6, 6.07) is 2.68. The van der Waals surface area contributed by atoms with E-state index in [9.17, 15) is 0 Å². The van der Waals surface area contributed by atoms with Crippen molar-refractivity contribution in [1.82, 2.24) is 20.0 Å². The first-order valence-corrected chi connectivity index (χ1v) is 7.78. The van der Waals surface area contributed by atoms with E-state index in [1.807, 2.05) is 12.3 Å². The maximum absolute atomic E-state index is 4.33. The highest BCUT2D eigenvalue weighted by Gasteiger charge is 2.42. The normalized spacial score (nSPS) is 27.1. The smallest absolute Gasteiger partial charge is 0.0536 e. The van der Waals surface area contributed by atoms with E-state index in [0.717, 1.165) is 13.1 Å². The molecule has 0 aromatic carbocycles. The van der Waals surface area contributed by atoms with Crippen LogP contribution in [0, 0.1) is 0 Å². The van der Waals surface area contributed by atoms with Crippen molar-refractivity contribution in [2.24, 2.45) is 0 Å². The van der Waals surface area contributed by atoms with Crippen LogP contribution < -0.4 is 5.32 Å². The molecule has 1 aliphatic carbocycles. The lowest BCUT2D eigenvalue weighted by Gasteiger charge is -2.48. The summed E-state index contributed by atoms with van der Waals surface area (Å²) in [7, 11) is 0. The van der Waals surface area contributed by atoms with Crippen molar-refractivity contribution < 1.29 is 0 Å². The second-order valence-corrected chi connectivity index (χ2v) is 6.13. The van der Waals surface area contributed by atoms with E-state index in [-0.39, 0.29) is 0 Å². The minimum atomic E-state index is 0.443. The van der Waals surface area contributed by atoms with Crippen molar-refractivity contribution in [3.05, 3.63) is 18.5 Å². The highest BCUT2D eigenvalue weighted by molar-refractivity contribution is 5.01. The van der Waals surface area contributed by atoms with Crippen molar-refractivity contribution in [1.29, 1.82) is 0 Å². The summed E-state index contributed by atoms with van der Waals surface area (Å²) in [6.45, 7) is 6.84. The van der Waals surface area contributed by atoms with E-state index < -0.39 is 0 Å². The summed E-state index contributed by atoms with van der Waals surface area (Å²) >= 11 is 0. The fourth-order valence-corrected chi connectivity index (χ4v) is 3.75. The third-order valence-electron chi connectivity index (χ3n) is 5.02. The van der Waals surface area contributed by atoms with E-state index >= 15 is 0 Å². The molecule has 3 rings (SSSR count). The third kappa shape index (κ3) is 2.70. The number of rotatable bonds is 4. The van der Waals surface area contributed by atoms with Crippen LogP contribution in [0.25, 0.3) is 0 Å². The average Bonchev–Trinajstić information content (AvgIpc) is 3.10. The van der Waals surface area contributed by atoms with Gasteiger partial charge in [0.25, 0.3) is 0 Å². The summed E-state index contributed by atoms with van der Waals surface area (Å²) in [4.78, 5) is 2.76. The maximum Gasteiger partial charge on any atom is 0.0536 e. The molecule has 1 atom stereocenters. The monoisotopic (exact) mass is 262 g/mol. The van der Waals surface area contributed by atoms with Crippen LogP contribution in [0.3, 0.4) is 0 Å². The van der Waals surface area contributed by atoms with Crippen LogP contribution in [0.2, 0.25) is 0 Å². The lowest BCUT2D eigenvalue weighted by atomic mass is 9.90. The molecule has 2 fully saturated rings. The second kappa shape index (κ2) is 5.63. The molecule has 0 bridgehead atoms. The van der Waals surface area contributed by atoms with Crippen molar-refractivity contribution >= 4 is 0 Å². The van der Waals surface area contributed by atoms with Gasteiger partial charge in [0.1, 0.15) is 0 Å². The van der Waals surface area contributed by atoms with Crippen LogP contribution in [-0.2, 0) is 6.54 Å². The number of nitrogens with zero attached hydrogens (tertiary/aromatic N) is 3. The Morgan fingerprint density at radius 1 is 1.32 bits per heavy atom. The lowest BCUT2D eigenvalue weighted by Crippen LogP contribution is -2.63. The molecule has 0 amide bonds. The fraction of sp³-hybridized carbons (Fsp3) is 0.800. The van der Waals surface area contributed by atoms with E-state index in [2.05, 4.69) is 33.1 Å². The largest absolute Gasteiger partial charge is 0.311 e. The topological polar surface area (TPSA) is 33.1 Å². The Morgan fingerprint density at radius 3 is 2.84 bits per heavy atom. The zero-order valence-corrected chi connectivity index (χ0v) is 12.0. The SMILES string of the molecule is CCC1CN(CCn2cccn2)C2(CCCC2)CN1. The Hall–Kier alpha value is -0.870.